The molecule has 0 heterocycles. The van der Waals surface area contributed by atoms with E-state index in [9.17, 15) is 14.5 Å². The summed E-state index contributed by atoms with van der Waals surface area (Å²) < 4.78 is 13.1. The van der Waals surface area contributed by atoms with Gasteiger partial charge in [-0.2, -0.15) is 0 Å². The highest BCUT2D eigenvalue weighted by Gasteiger charge is 2.10. The Morgan fingerprint density at radius 2 is 2.25 bits per heavy atom. The molecule has 0 saturated carbocycles. The van der Waals surface area contributed by atoms with Crippen LogP contribution in [0.25, 0.3) is 0 Å². The van der Waals surface area contributed by atoms with Gasteiger partial charge in [0.15, 0.2) is 0 Å². The van der Waals surface area contributed by atoms with Gasteiger partial charge in [0.2, 0.25) is 0 Å². The third kappa shape index (κ3) is 3.98. The number of nitro benzene ring substituents is 1. The highest BCUT2D eigenvalue weighted by atomic mass is 35.5. The second-order valence-corrected chi connectivity index (χ2v) is 4.87. The third-order valence-electron chi connectivity index (χ3n) is 1.86. The van der Waals surface area contributed by atoms with Crippen LogP contribution in [0.4, 0.5) is 10.1 Å². The minimum absolute atomic E-state index is 0.221. The lowest BCUT2D eigenvalue weighted by Gasteiger charge is -2.06. The van der Waals surface area contributed by atoms with Crippen molar-refractivity contribution >= 4 is 29.1 Å². The number of nitro groups is 1. The fraction of sp³-hybridized carbons (Fsp3) is 0.400. The molecule has 0 radical (unpaired) electrons. The molecule has 0 amide bonds. The first-order valence-corrected chi connectivity index (χ1v) is 6.18. The van der Waals surface area contributed by atoms with Crippen molar-refractivity contribution in [3.8, 4) is 0 Å². The highest BCUT2D eigenvalue weighted by Crippen LogP contribution is 2.26. The smallest absolute Gasteiger partial charge is 0.258 e. The minimum Gasteiger partial charge on any atom is -0.258 e. The van der Waals surface area contributed by atoms with Crippen molar-refractivity contribution in [2.45, 2.75) is 11.8 Å². The zero-order valence-electron chi connectivity index (χ0n) is 8.65. The van der Waals surface area contributed by atoms with Gasteiger partial charge in [-0.05, 0) is 12.0 Å². The molecule has 16 heavy (non-hydrogen) atoms. The topological polar surface area (TPSA) is 43.1 Å². The van der Waals surface area contributed by atoms with Crippen molar-refractivity contribution < 1.29 is 9.31 Å². The molecule has 0 bridgehead atoms. The standard InChI is InChI=1S/C10H11ClFNO2S/c1-7(5-11)6-16-10-3-8(12)2-9(4-10)13(14)15/h2-4,7H,5-6H2,1H3. The number of rotatable bonds is 5. The van der Waals surface area contributed by atoms with Crippen LogP contribution in [0.1, 0.15) is 6.92 Å². The van der Waals surface area contributed by atoms with E-state index in [-0.39, 0.29) is 11.6 Å². The van der Waals surface area contributed by atoms with Crippen LogP contribution in [0.15, 0.2) is 23.1 Å². The molecule has 6 heteroatoms. The number of halogens is 2. The zero-order valence-corrected chi connectivity index (χ0v) is 10.2. The molecule has 0 aromatic heterocycles. The summed E-state index contributed by atoms with van der Waals surface area (Å²) in [6, 6.07) is 3.57. The Bertz CT molecular complexity index is 389. The molecule has 1 unspecified atom stereocenters. The van der Waals surface area contributed by atoms with Gasteiger partial charge in [0.05, 0.1) is 11.0 Å². The van der Waals surface area contributed by atoms with Crippen molar-refractivity contribution in [1.82, 2.24) is 0 Å². The van der Waals surface area contributed by atoms with Crippen LogP contribution in [-0.4, -0.2) is 16.6 Å². The van der Waals surface area contributed by atoms with E-state index in [1.165, 1.54) is 23.9 Å². The molecule has 0 saturated heterocycles. The number of alkyl halides is 1. The molecule has 0 aliphatic heterocycles. The fourth-order valence-corrected chi connectivity index (χ4v) is 2.25. The molecular formula is C10H11ClFNO2S. The Labute approximate surface area is 102 Å². The molecule has 0 aliphatic rings. The van der Waals surface area contributed by atoms with Gasteiger partial charge in [-0.15, -0.1) is 23.4 Å². The summed E-state index contributed by atoms with van der Waals surface area (Å²) in [5, 5.41) is 10.5. The van der Waals surface area contributed by atoms with Crippen molar-refractivity contribution in [3.63, 3.8) is 0 Å². The lowest BCUT2D eigenvalue weighted by atomic mass is 10.3. The van der Waals surface area contributed by atoms with Gasteiger partial charge in [0, 0.05) is 22.6 Å². The van der Waals surface area contributed by atoms with Crippen LogP contribution in [0.5, 0.6) is 0 Å². The number of benzene rings is 1. The SMILES string of the molecule is CC(CCl)CSc1cc(F)cc([N+](=O)[O-])c1. The molecule has 0 aliphatic carbocycles. The second kappa shape index (κ2) is 6.06. The maximum atomic E-state index is 13.1. The maximum absolute atomic E-state index is 13.1. The van der Waals surface area contributed by atoms with Crippen molar-refractivity contribution in [2.75, 3.05) is 11.6 Å². The van der Waals surface area contributed by atoms with Crippen LogP contribution in [0.2, 0.25) is 0 Å². The summed E-state index contributed by atoms with van der Waals surface area (Å²) in [6.45, 7) is 1.97. The Morgan fingerprint density at radius 3 is 2.81 bits per heavy atom. The average Bonchev–Trinajstić information content (AvgIpc) is 2.25. The van der Waals surface area contributed by atoms with Gasteiger partial charge in [0.25, 0.3) is 5.69 Å². The lowest BCUT2D eigenvalue weighted by Crippen LogP contribution is -1.99. The molecule has 0 spiro atoms. The minimum atomic E-state index is -0.599. The summed E-state index contributed by atoms with van der Waals surface area (Å²) >= 11 is 7.01. The van der Waals surface area contributed by atoms with Gasteiger partial charge < -0.3 is 0 Å². The van der Waals surface area contributed by atoms with Crippen LogP contribution < -0.4 is 0 Å². The van der Waals surface area contributed by atoms with E-state index in [2.05, 4.69) is 0 Å². The van der Waals surface area contributed by atoms with Crippen molar-refractivity contribution in [3.05, 3.63) is 34.1 Å². The molecule has 1 atom stereocenters. The number of hydrogen-bond acceptors (Lipinski definition) is 3. The van der Waals surface area contributed by atoms with Crippen molar-refractivity contribution in [2.24, 2.45) is 5.92 Å². The first kappa shape index (κ1) is 13.3. The van der Waals surface area contributed by atoms with E-state index in [1.807, 2.05) is 6.92 Å². The fourth-order valence-electron chi connectivity index (χ4n) is 1.02. The average molecular weight is 264 g/mol. The van der Waals surface area contributed by atoms with Gasteiger partial charge in [-0.1, -0.05) is 6.92 Å². The van der Waals surface area contributed by atoms with E-state index >= 15 is 0 Å². The van der Waals surface area contributed by atoms with E-state index < -0.39 is 10.7 Å². The van der Waals surface area contributed by atoms with E-state index in [4.69, 9.17) is 11.6 Å². The Morgan fingerprint density at radius 1 is 1.56 bits per heavy atom. The first-order chi connectivity index (χ1) is 7.52. The van der Waals surface area contributed by atoms with Gasteiger partial charge >= 0.3 is 0 Å². The predicted molar refractivity (Wildman–Crippen MR) is 63.7 cm³/mol. The Balaban J connectivity index is 2.76. The van der Waals surface area contributed by atoms with Gasteiger partial charge in [0.1, 0.15) is 5.82 Å². The highest BCUT2D eigenvalue weighted by molar-refractivity contribution is 7.99. The monoisotopic (exact) mass is 263 g/mol. The van der Waals surface area contributed by atoms with Crippen molar-refractivity contribution in [1.29, 1.82) is 0 Å². The number of nitrogens with zero attached hydrogens (tertiary/aromatic N) is 1. The molecule has 1 rings (SSSR count). The molecular weight excluding hydrogens is 253 g/mol. The number of non-ortho nitro benzene ring substituents is 1. The zero-order chi connectivity index (χ0) is 12.1. The largest absolute Gasteiger partial charge is 0.273 e. The van der Waals surface area contributed by atoms with Gasteiger partial charge in [-0.3, -0.25) is 10.1 Å². The first-order valence-electron chi connectivity index (χ1n) is 4.66. The Hall–Kier alpha value is -0.810. The second-order valence-electron chi connectivity index (χ2n) is 3.47. The molecule has 88 valence electrons. The third-order valence-corrected chi connectivity index (χ3v) is 3.70. The number of hydrogen-bond donors (Lipinski definition) is 0. The van der Waals surface area contributed by atoms with E-state index in [0.717, 1.165) is 6.07 Å². The normalized spacial score (nSPS) is 12.4. The maximum Gasteiger partial charge on any atom is 0.273 e. The summed E-state index contributed by atoms with van der Waals surface area (Å²) in [5.74, 6) is 0.929. The molecule has 3 nitrogen and oxygen atoms in total. The summed E-state index contributed by atoms with van der Waals surface area (Å²) in [6.07, 6.45) is 0. The van der Waals surface area contributed by atoms with Crippen LogP contribution >= 0.6 is 23.4 Å². The summed E-state index contributed by atoms with van der Waals surface area (Å²) in [7, 11) is 0. The number of thioether (sulfide) groups is 1. The van der Waals surface area contributed by atoms with Crippen LogP contribution in [-0.2, 0) is 0 Å². The molecule has 1 aromatic rings. The Kier molecular flexibility index (Phi) is 5.02. The molecule has 0 N–H and O–H groups in total. The van der Waals surface area contributed by atoms with Crippen LogP contribution in [0.3, 0.4) is 0 Å². The summed E-state index contributed by atoms with van der Waals surface area (Å²) in [5.41, 5.74) is -0.221. The summed E-state index contributed by atoms with van der Waals surface area (Å²) in [4.78, 5) is 10.5. The predicted octanol–water partition coefficient (Wildman–Crippen LogP) is 3.70. The lowest BCUT2D eigenvalue weighted by molar-refractivity contribution is -0.385. The molecule has 0 fully saturated rings. The molecule has 1 aromatic carbocycles. The van der Waals surface area contributed by atoms with E-state index in [0.29, 0.717) is 16.5 Å². The van der Waals surface area contributed by atoms with E-state index in [1.54, 1.807) is 0 Å². The quantitative estimate of drug-likeness (QED) is 0.352. The van der Waals surface area contributed by atoms with Gasteiger partial charge in [-0.25, -0.2) is 4.39 Å². The van der Waals surface area contributed by atoms with Crippen LogP contribution in [0, 0.1) is 21.8 Å².